The van der Waals surface area contributed by atoms with Gasteiger partial charge in [-0.1, -0.05) is 53.7 Å². The zero-order chi connectivity index (χ0) is 32.3. The summed E-state index contributed by atoms with van der Waals surface area (Å²) in [6.07, 6.45) is 8.83. The maximum Gasteiger partial charge on any atom is 0.338 e. The first-order chi connectivity index (χ1) is 20.6. The number of methoxy groups -OCH3 is 1. The lowest BCUT2D eigenvalue weighted by atomic mass is 9.76. The van der Waals surface area contributed by atoms with Crippen molar-refractivity contribution in [3.8, 4) is 0 Å². The van der Waals surface area contributed by atoms with E-state index in [9.17, 15) is 9.59 Å². The molecule has 1 spiro atoms. The van der Waals surface area contributed by atoms with Crippen molar-refractivity contribution in [2.45, 2.75) is 131 Å². The van der Waals surface area contributed by atoms with Gasteiger partial charge in [0.2, 0.25) is 0 Å². The van der Waals surface area contributed by atoms with E-state index in [0.717, 1.165) is 76.4 Å². The van der Waals surface area contributed by atoms with E-state index < -0.39 is 5.66 Å². The van der Waals surface area contributed by atoms with Crippen LogP contribution in [-0.4, -0.2) is 66.1 Å². The second-order valence-electron chi connectivity index (χ2n) is 16.2. The van der Waals surface area contributed by atoms with Gasteiger partial charge in [-0.25, -0.2) is 9.79 Å². The van der Waals surface area contributed by atoms with Crippen LogP contribution in [-0.2, 0) is 14.3 Å². The van der Waals surface area contributed by atoms with Crippen molar-refractivity contribution < 1.29 is 19.1 Å². The molecule has 3 aliphatic rings. The van der Waals surface area contributed by atoms with E-state index in [1.54, 1.807) is 7.11 Å². The van der Waals surface area contributed by atoms with Crippen LogP contribution in [0.1, 0.15) is 135 Å². The lowest BCUT2D eigenvalue weighted by Crippen LogP contribution is -2.51. The van der Waals surface area contributed by atoms with Crippen LogP contribution in [0.3, 0.4) is 0 Å². The summed E-state index contributed by atoms with van der Waals surface area (Å²) < 4.78 is 11.0. The predicted molar refractivity (Wildman–Crippen MR) is 178 cm³/mol. The van der Waals surface area contributed by atoms with Crippen molar-refractivity contribution in [1.82, 2.24) is 9.80 Å². The van der Waals surface area contributed by atoms with Gasteiger partial charge in [0.1, 0.15) is 5.66 Å². The summed E-state index contributed by atoms with van der Waals surface area (Å²) in [5.41, 5.74) is 1.37. The molecule has 1 saturated heterocycles. The first-order valence-corrected chi connectivity index (χ1v) is 17.1. The van der Waals surface area contributed by atoms with Crippen LogP contribution in [0.2, 0.25) is 0 Å². The van der Waals surface area contributed by atoms with Gasteiger partial charge in [-0.15, -0.1) is 0 Å². The molecule has 246 valence electrons. The zero-order valence-corrected chi connectivity index (χ0v) is 29.1. The van der Waals surface area contributed by atoms with E-state index in [4.69, 9.17) is 14.5 Å². The summed E-state index contributed by atoms with van der Waals surface area (Å²) in [6.45, 7) is 20.0. The molecule has 2 heterocycles. The molecule has 0 aromatic heterocycles. The molecule has 2 fully saturated rings. The van der Waals surface area contributed by atoms with Crippen molar-refractivity contribution in [3.63, 3.8) is 0 Å². The van der Waals surface area contributed by atoms with Crippen LogP contribution < -0.4 is 0 Å². The minimum Gasteiger partial charge on any atom is -0.459 e. The number of rotatable bonds is 8. The fraction of sp³-hybridized carbons (Fsp3) is 0.757. The molecular weight excluding hydrogens is 550 g/mol. The van der Waals surface area contributed by atoms with Crippen LogP contribution in [0.5, 0.6) is 0 Å². The number of benzene rings is 1. The molecule has 7 nitrogen and oxygen atoms in total. The Morgan fingerprint density at radius 2 is 1.73 bits per heavy atom. The molecule has 1 aromatic rings. The van der Waals surface area contributed by atoms with Gasteiger partial charge in [-0.2, -0.15) is 0 Å². The third kappa shape index (κ3) is 8.24. The van der Waals surface area contributed by atoms with Crippen LogP contribution in [0.4, 0.5) is 0 Å². The number of amides is 1. The Hall–Kier alpha value is -2.41. The van der Waals surface area contributed by atoms with E-state index in [0.29, 0.717) is 29.8 Å². The summed E-state index contributed by atoms with van der Waals surface area (Å²) >= 11 is 0. The Kier molecular flexibility index (Phi) is 10.9. The first kappa shape index (κ1) is 34.5. The Morgan fingerprint density at radius 3 is 2.34 bits per heavy atom. The number of carbonyl (C=O) groups is 2. The third-order valence-electron chi connectivity index (χ3n) is 9.99. The summed E-state index contributed by atoms with van der Waals surface area (Å²) in [4.78, 5) is 37.4. The van der Waals surface area contributed by atoms with Gasteiger partial charge < -0.3 is 19.3 Å². The van der Waals surface area contributed by atoms with Crippen LogP contribution in [0, 0.1) is 22.7 Å². The van der Waals surface area contributed by atoms with Crippen molar-refractivity contribution >= 4 is 17.7 Å². The number of amidine groups is 1. The Bertz CT molecular complexity index is 1160. The topological polar surface area (TPSA) is 71.4 Å². The highest BCUT2D eigenvalue weighted by atomic mass is 16.5. The number of carbonyl (C=O) groups excluding carboxylic acids is 2. The predicted octanol–water partition coefficient (Wildman–Crippen LogP) is 8.04. The number of piperidine rings is 1. The van der Waals surface area contributed by atoms with Gasteiger partial charge in [0.05, 0.1) is 24.3 Å². The molecule has 1 aliphatic carbocycles. The molecule has 1 amide bonds. The first-order valence-electron chi connectivity index (χ1n) is 17.1. The number of hydrogen-bond donors (Lipinski definition) is 0. The zero-order valence-electron chi connectivity index (χ0n) is 29.1. The number of esters is 1. The number of aliphatic imine (C=N–C) groups is 1. The summed E-state index contributed by atoms with van der Waals surface area (Å²) in [5, 5.41) is 0. The maximum atomic E-state index is 14.8. The molecule has 2 aliphatic heterocycles. The molecule has 3 unspecified atom stereocenters. The van der Waals surface area contributed by atoms with Crippen LogP contribution in [0.25, 0.3) is 0 Å². The van der Waals surface area contributed by atoms with E-state index in [-0.39, 0.29) is 34.9 Å². The average Bonchev–Trinajstić information content (AvgIpc) is 3.06. The highest BCUT2D eigenvalue weighted by Crippen LogP contribution is 2.48. The monoisotopic (exact) mass is 609 g/mol. The van der Waals surface area contributed by atoms with Gasteiger partial charge in [-0.3, -0.25) is 4.79 Å². The second kappa shape index (κ2) is 13.9. The normalized spacial score (nSPS) is 25.8. The molecule has 0 N–H and O–H groups in total. The van der Waals surface area contributed by atoms with E-state index in [1.165, 1.54) is 0 Å². The molecular formula is C37H59N3O4. The lowest BCUT2D eigenvalue weighted by Gasteiger charge is -2.42. The Morgan fingerprint density at radius 1 is 1.02 bits per heavy atom. The summed E-state index contributed by atoms with van der Waals surface area (Å²) in [7, 11) is 1.76. The highest BCUT2D eigenvalue weighted by Gasteiger charge is 2.52. The van der Waals surface area contributed by atoms with Gasteiger partial charge in [-0.05, 0) is 112 Å². The van der Waals surface area contributed by atoms with E-state index >= 15 is 0 Å². The van der Waals surface area contributed by atoms with Gasteiger partial charge in [0, 0.05) is 20.2 Å². The minimum absolute atomic E-state index is 0.0690. The fourth-order valence-corrected chi connectivity index (χ4v) is 7.53. The Labute approximate surface area is 267 Å². The summed E-state index contributed by atoms with van der Waals surface area (Å²) in [6, 6.07) is 7.66. The van der Waals surface area contributed by atoms with Crippen molar-refractivity contribution in [2.24, 2.45) is 27.7 Å². The van der Waals surface area contributed by atoms with E-state index in [2.05, 4.69) is 51.3 Å². The SMILES string of the molecule is COCC1CCCN(C2=NC3(CCCC(C(C)(C)C)CC3)N([C@H](CCC(C)(C)C)c3ccc(C(=O)OC(C)C)cc3)C2=O)C1. The highest BCUT2D eigenvalue weighted by molar-refractivity contribution is 6.39. The Balaban J connectivity index is 1.75. The van der Waals surface area contributed by atoms with Crippen molar-refractivity contribution in [3.05, 3.63) is 35.4 Å². The summed E-state index contributed by atoms with van der Waals surface area (Å²) in [5.74, 6) is 1.41. The second-order valence-corrected chi connectivity index (χ2v) is 16.2. The molecule has 7 heteroatoms. The molecule has 1 aromatic carbocycles. The number of ether oxygens (including phenoxy) is 2. The number of hydrogen-bond acceptors (Lipinski definition) is 6. The smallest absolute Gasteiger partial charge is 0.338 e. The van der Waals surface area contributed by atoms with Gasteiger partial charge >= 0.3 is 5.97 Å². The standard InChI is InChI=1S/C37H59N3O4/c1-26(2)44-34(42)29-16-14-28(15-17-29)31(19-21-35(3,4)5)40-33(41)32(39-23-11-12-27(24-39)25-43-9)38-37(40)20-10-13-30(18-22-37)36(6,7)8/h14-17,26-27,30-31H,10-13,18-25H2,1-9H3/t27?,30?,31-,37?/m1/s1. The van der Waals surface area contributed by atoms with E-state index in [1.807, 2.05) is 38.1 Å². The van der Waals surface area contributed by atoms with Gasteiger partial charge in [0.15, 0.2) is 5.84 Å². The fourth-order valence-electron chi connectivity index (χ4n) is 7.53. The minimum atomic E-state index is -0.557. The third-order valence-corrected chi connectivity index (χ3v) is 9.99. The van der Waals surface area contributed by atoms with Crippen molar-refractivity contribution in [1.29, 1.82) is 0 Å². The maximum absolute atomic E-state index is 14.8. The van der Waals surface area contributed by atoms with Crippen LogP contribution in [0.15, 0.2) is 29.3 Å². The van der Waals surface area contributed by atoms with Gasteiger partial charge in [0.25, 0.3) is 5.91 Å². The average molecular weight is 610 g/mol. The number of likely N-dealkylation sites (tertiary alicyclic amines) is 1. The lowest BCUT2D eigenvalue weighted by molar-refractivity contribution is -0.133. The quantitative estimate of drug-likeness (QED) is 0.279. The molecule has 4 atom stereocenters. The largest absolute Gasteiger partial charge is 0.459 e. The molecule has 0 radical (unpaired) electrons. The number of nitrogens with zero attached hydrogens (tertiary/aromatic N) is 3. The molecule has 44 heavy (non-hydrogen) atoms. The van der Waals surface area contributed by atoms with Crippen molar-refractivity contribution in [2.75, 3.05) is 26.8 Å². The molecule has 1 saturated carbocycles. The molecule has 0 bridgehead atoms. The molecule has 4 rings (SSSR count). The van der Waals surface area contributed by atoms with Crippen LogP contribution >= 0.6 is 0 Å².